The van der Waals surface area contributed by atoms with Crippen LogP contribution in [0.2, 0.25) is 10.0 Å². The maximum Gasteiger partial charge on any atom is 0.249 e. The van der Waals surface area contributed by atoms with E-state index in [9.17, 15) is 9.59 Å². The molecule has 2 N–H and O–H groups in total. The van der Waals surface area contributed by atoms with Crippen molar-refractivity contribution in [3.05, 3.63) is 63.6 Å². The van der Waals surface area contributed by atoms with Gasteiger partial charge in [0.05, 0.1) is 0 Å². The van der Waals surface area contributed by atoms with Gasteiger partial charge in [0, 0.05) is 54.3 Å². The molecule has 0 saturated carbocycles. The lowest BCUT2D eigenvalue weighted by atomic mass is 9.81. The monoisotopic (exact) mass is 461 g/mol. The summed E-state index contributed by atoms with van der Waals surface area (Å²) in [6.45, 7) is 7.45. The quantitative estimate of drug-likeness (QED) is 0.618. The smallest absolute Gasteiger partial charge is 0.249 e. The number of benzene rings is 2. The Balaban J connectivity index is 2.15. The maximum absolute atomic E-state index is 13.7. The van der Waals surface area contributed by atoms with Gasteiger partial charge >= 0.3 is 0 Å². The predicted octanol–water partition coefficient (Wildman–Crippen LogP) is 4.87. The van der Waals surface area contributed by atoms with E-state index in [-0.39, 0.29) is 17.2 Å². The molecule has 0 bridgehead atoms. The van der Waals surface area contributed by atoms with E-state index in [4.69, 9.17) is 23.2 Å². The van der Waals surface area contributed by atoms with E-state index in [0.29, 0.717) is 41.7 Å². The number of anilines is 1. The van der Waals surface area contributed by atoms with Gasteiger partial charge in [-0.05, 0) is 35.2 Å². The van der Waals surface area contributed by atoms with Crippen LogP contribution >= 0.6 is 23.2 Å². The Labute approximate surface area is 194 Å². The number of fused-ring (bicyclic) bond motifs is 1. The maximum atomic E-state index is 13.7. The average molecular weight is 462 g/mol. The van der Waals surface area contributed by atoms with Crippen LogP contribution in [-0.4, -0.2) is 36.9 Å². The van der Waals surface area contributed by atoms with Crippen molar-refractivity contribution >= 4 is 40.7 Å². The highest BCUT2D eigenvalue weighted by Crippen LogP contribution is 2.45. The molecule has 2 aromatic rings. The fourth-order valence-corrected chi connectivity index (χ4v) is 4.60. The van der Waals surface area contributed by atoms with E-state index >= 15 is 0 Å². The number of hydrogen-bond acceptors (Lipinski definition) is 3. The van der Waals surface area contributed by atoms with E-state index in [0.717, 1.165) is 11.1 Å². The Bertz CT molecular complexity index is 987. The van der Waals surface area contributed by atoms with Crippen LogP contribution in [0.3, 0.4) is 0 Å². The topological polar surface area (TPSA) is 61.4 Å². The van der Waals surface area contributed by atoms with E-state index in [1.165, 1.54) is 0 Å². The molecule has 31 heavy (non-hydrogen) atoms. The van der Waals surface area contributed by atoms with E-state index in [1.54, 1.807) is 19.2 Å². The highest BCUT2D eigenvalue weighted by Gasteiger charge is 2.51. The summed E-state index contributed by atoms with van der Waals surface area (Å²) in [4.78, 5) is 27.9. The third-order valence-electron chi connectivity index (χ3n) is 5.49. The fourth-order valence-electron chi connectivity index (χ4n) is 4.21. The normalized spacial score (nSPS) is 18.1. The molecule has 0 spiro atoms. The number of hydrogen-bond donors (Lipinski definition) is 2. The molecule has 0 aliphatic carbocycles. The number of rotatable bonds is 7. The first-order valence-electron chi connectivity index (χ1n) is 10.4. The molecule has 7 heteroatoms. The first-order valence-corrected chi connectivity index (χ1v) is 11.1. The number of nitrogens with zero attached hydrogens (tertiary/aromatic N) is 1. The average Bonchev–Trinajstić information content (AvgIpc) is 2.95. The van der Waals surface area contributed by atoms with Crippen molar-refractivity contribution in [3.63, 3.8) is 0 Å². The van der Waals surface area contributed by atoms with Crippen molar-refractivity contribution in [2.75, 3.05) is 25.5 Å². The third kappa shape index (κ3) is 5.22. The number of amides is 2. The second-order valence-corrected chi connectivity index (χ2v) is 10.1. The number of nitrogens with one attached hydrogen (secondary N) is 2. The third-order valence-corrected chi connectivity index (χ3v) is 5.96. The zero-order chi connectivity index (χ0) is 22.8. The summed E-state index contributed by atoms with van der Waals surface area (Å²) < 4.78 is 0. The van der Waals surface area contributed by atoms with Crippen LogP contribution in [0, 0.1) is 5.41 Å². The lowest BCUT2D eigenvalue weighted by Gasteiger charge is -2.43. The molecule has 0 aromatic heterocycles. The molecule has 166 valence electrons. The van der Waals surface area contributed by atoms with Gasteiger partial charge in [0.2, 0.25) is 11.8 Å². The highest BCUT2D eigenvalue weighted by atomic mass is 35.5. The molecule has 3 rings (SSSR count). The molecule has 0 saturated heterocycles. The standard InChI is InChI=1S/C24H29Cl2N3O2/c1-23(2,3)15-29(11-10-21(30)27-4)24(14-16-6-5-7-17(25)12-16)19-9-8-18(26)13-20(19)28-22(24)31/h5-9,12-13H,10-11,14-15H2,1-4H3,(H,27,30)(H,28,31). The summed E-state index contributed by atoms with van der Waals surface area (Å²) in [5.74, 6) is -0.183. The molecule has 1 aliphatic heterocycles. The number of halogens is 2. The minimum Gasteiger partial charge on any atom is -0.359 e. The SMILES string of the molecule is CNC(=O)CCN(CC(C)(C)C)C1(Cc2cccc(Cl)c2)C(=O)Nc2cc(Cl)ccc21. The van der Waals surface area contributed by atoms with Crippen molar-refractivity contribution in [2.24, 2.45) is 5.41 Å². The Hall–Kier alpha value is -2.08. The molecule has 1 aliphatic rings. The summed E-state index contributed by atoms with van der Waals surface area (Å²) in [6.07, 6.45) is 0.720. The molecule has 2 amide bonds. The second kappa shape index (κ2) is 9.19. The van der Waals surface area contributed by atoms with Crippen molar-refractivity contribution in [2.45, 2.75) is 39.2 Å². The van der Waals surface area contributed by atoms with Gasteiger partial charge in [0.25, 0.3) is 0 Å². The zero-order valence-corrected chi connectivity index (χ0v) is 19.9. The molecule has 1 heterocycles. The molecule has 0 fully saturated rings. The molecule has 0 radical (unpaired) electrons. The molecule has 5 nitrogen and oxygen atoms in total. The molecular formula is C24H29Cl2N3O2. The van der Waals surface area contributed by atoms with Gasteiger partial charge in [-0.1, -0.05) is 62.2 Å². The van der Waals surface area contributed by atoms with Crippen LogP contribution in [0.25, 0.3) is 0 Å². The van der Waals surface area contributed by atoms with Gasteiger partial charge in [-0.3, -0.25) is 14.5 Å². The minimum atomic E-state index is -0.980. The highest BCUT2D eigenvalue weighted by molar-refractivity contribution is 6.31. The Morgan fingerprint density at radius 2 is 1.84 bits per heavy atom. The lowest BCUT2D eigenvalue weighted by Crippen LogP contribution is -2.55. The molecule has 1 atom stereocenters. The van der Waals surface area contributed by atoms with Crippen molar-refractivity contribution in [1.29, 1.82) is 0 Å². The molecule has 2 aromatic carbocycles. The van der Waals surface area contributed by atoms with Gasteiger partial charge in [0.1, 0.15) is 5.54 Å². The summed E-state index contributed by atoms with van der Waals surface area (Å²) in [5.41, 5.74) is 1.44. The first-order chi connectivity index (χ1) is 14.5. The fraction of sp³-hybridized carbons (Fsp3) is 0.417. The number of carbonyl (C=O) groups is 2. The van der Waals surface area contributed by atoms with Crippen LogP contribution in [0.5, 0.6) is 0 Å². The van der Waals surface area contributed by atoms with Gasteiger partial charge < -0.3 is 10.6 Å². The first kappa shape index (κ1) is 23.6. The number of carbonyl (C=O) groups excluding carboxylic acids is 2. The Morgan fingerprint density at radius 1 is 1.13 bits per heavy atom. The van der Waals surface area contributed by atoms with Crippen LogP contribution in [0.1, 0.15) is 38.3 Å². The lowest BCUT2D eigenvalue weighted by molar-refractivity contribution is -0.130. The summed E-state index contributed by atoms with van der Waals surface area (Å²) in [7, 11) is 1.62. The summed E-state index contributed by atoms with van der Waals surface area (Å²) in [6, 6.07) is 13.1. The van der Waals surface area contributed by atoms with Crippen LogP contribution in [0.15, 0.2) is 42.5 Å². The zero-order valence-electron chi connectivity index (χ0n) is 18.4. The largest absolute Gasteiger partial charge is 0.359 e. The Morgan fingerprint density at radius 3 is 2.48 bits per heavy atom. The minimum absolute atomic E-state index is 0.0634. The second-order valence-electron chi connectivity index (χ2n) is 9.22. The Kier molecular flexibility index (Phi) is 6.99. The molecule has 1 unspecified atom stereocenters. The van der Waals surface area contributed by atoms with Crippen molar-refractivity contribution in [1.82, 2.24) is 10.2 Å². The van der Waals surface area contributed by atoms with Crippen LogP contribution < -0.4 is 10.6 Å². The van der Waals surface area contributed by atoms with Gasteiger partial charge in [0.15, 0.2) is 0 Å². The molecular weight excluding hydrogens is 433 g/mol. The van der Waals surface area contributed by atoms with Crippen LogP contribution in [0.4, 0.5) is 5.69 Å². The van der Waals surface area contributed by atoms with Gasteiger partial charge in [-0.15, -0.1) is 0 Å². The van der Waals surface area contributed by atoms with E-state index in [1.807, 2.05) is 30.3 Å². The van der Waals surface area contributed by atoms with Gasteiger partial charge in [-0.2, -0.15) is 0 Å². The predicted molar refractivity (Wildman–Crippen MR) is 127 cm³/mol. The summed E-state index contributed by atoms with van der Waals surface area (Å²) >= 11 is 12.5. The van der Waals surface area contributed by atoms with Crippen molar-refractivity contribution < 1.29 is 9.59 Å². The van der Waals surface area contributed by atoms with E-state index < -0.39 is 5.54 Å². The van der Waals surface area contributed by atoms with E-state index in [2.05, 4.69) is 36.3 Å². The summed E-state index contributed by atoms with van der Waals surface area (Å²) in [5, 5.41) is 6.89. The van der Waals surface area contributed by atoms with Crippen molar-refractivity contribution in [3.8, 4) is 0 Å². The van der Waals surface area contributed by atoms with Gasteiger partial charge in [-0.25, -0.2) is 0 Å². The van der Waals surface area contributed by atoms with Crippen LogP contribution in [-0.2, 0) is 21.5 Å².